The van der Waals surface area contributed by atoms with Crippen LogP contribution in [0.5, 0.6) is 0 Å². The van der Waals surface area contributed by atoms with Crippen molar-refractivity contribution in [2.45, 2.75) is 44.2 Å². The molecular formula is C19H25BrN2O2S. The summed E-state index contributed by atoms with van der Waals surface area (Å²) in [5.74, 6) is 1.90. The van der Waals surface area contributed by atoms with E-state index in [0.717, 1.165) is 10.2 Å². The van der Waals surface area contributed by atoms with Gasteiger partial charge >= 0.3 is 0 Å². The lowest BCUT2D eigenvalue weighted by Crippen LogP contribution is -2.51. The highest BCUT2D eigenvalue weighted by Crippen LogP contribution is 2.44. The number of halogens is 1. The fourth-order valence-corrected chi connectivity index (χ4v) is 4.12. The van der Waals surface area contributed by atoms with Crippen molar-refractivity contribution in [2.24, 2.45) is 11.8 Å². The fraction of sp³-hybridized carbons (Fsp3) is 0.579. The zero-order valence-corrected chi connectivity index (χ0v) is 16.9. The monoisotopic (exact) mass is 424 g/mol. The third kappa shape index (κ3) is 5.23. The lowest BCUT2D eigenvalue weighted by atomic mass is 10.1. The van der Waals surface area contributed by atoms with Crippen LogP contribution in [-0.2, 0) is 4.79 Å². The number of hydrogen-bond acceptors (Lipinski definition) is 3. The Morgan fingerprint density at radius 1 is 1.16 bits per heavy atom. The van der Waals surface area contributed by atoms with Crippen molar-refractivity contribution in [3.63, 3.8) is 0 Å². The number of amides is 2. The molecule has 136 valence electrons. The minimum atomic E-state index is -0.480. The molecule has 0 heterocycles. The average Bonchev–Trinajstić information content (AvgIpc) is 3.48. The zero-order valence-electron chi connectivity index (χ0n) is 14.5. The molecule has 1 atom stereocenters. The summed E-state index contributed by atoms with van der Waals surface area (Å²) in [5, 5.41) is 6.19. The summed E-state index contributed by atoms with van der Waals surface area (Å²) in [6, 6.07) is 7.13. The van der Waals surface area contributed by atoms with Crippen LogP contribution >= 0.6 is 27.7 Å². The van der Waals surface area contributed by atoms with Gasteiger partial charge in [-0.1, -0.05) is 12.1 Å². The average molecular weight is 425 g/mol. The molecule has 3 rings (SSSR count). The summed E-state index contributed by atoms with van der Waals surface area (Å²) in [7, 11) is 0. The van der Waals surface area contributed by atoms with Gasteiger partial charge in [0.2, 0.25) is 5.91 Å². The molecule has 0 aliphatic heterocycles. The maximum Gasteiger partial charge on any atom is 0.253 e. The molecule has 25 heavy (non-hydrogen) atoms. The van der Waals surface area contributed by atoms with Crippen LogP contribution in [0, 0.1) is 11.8 Å². The highest BCUT2D eigenvalue weighted by Gasteiger charge is 2.42. The second-order valence-electron chi connectivity index (χ2n) is 7.00. The first-order valence-electron chi connectivity index (χ1n) is 8.95. The van der Waals surface area contributed by atoms with Crippen molar-refractivity contribution in [1.82, 2.24) is 10.6 Å². The largest absolute Gasteiger partial charge is 0.351 e. The molecule has 0 aromatic heterocycles. The number of carbonyl (C=O) groups excluding carboxylic acids is 2. The molecule has 0 spiro atoms. The third-order valence-corrected chi connectivity index (χ3v) is 6.26. The Labute approximate surface area is 162 Å². The maximum absolute atomic E-state index is 12.8. The molecule has 2 N–H and O–H groups in total. The Bertz CT molecular complexity index is 620. The Balaban J connectivity index is 1.64. The van der Waals surface area contributed by atoms with Gasteiger partial charge in [-0.2, -0.15) is 11.8 Å². The van der Waals surface area contributed by atoms with E-state index < -0.39 is 6.04 Å². The number of thioether (sulfide) groups is 1. The number of hydrogen-bond donors (Lipinski definition) is 2. The molecule has 2 fully saturated rings. The smallest absolute Gasteiger partial charge is 0.253 e. The number of nitrogens with one attached hydrogen (secondary N) is 2. The summed E-state index contributed by atoms with van der Waals surface area (Å²) in [6.45, 7) is 0. The molecule has 2 aliphatic carbocycles. The third-order valence-electron chi connectivity index (χ3n) is 4.92. The van der Waals surface area contributed by atoms with Crippen molar-refractivity contribution in [3.05, 3.63) is 34.3 Å². The molecule has 6 heteroatoms. The summed E-state index contributed by atoms with van der Waals surface area (Å²) in [5.41, 5.74) is 0.561. The van der Waals surface area contributed by atoms with Crippen LogP contribution in [0.1, 0.15) is 42.5 Å². The van der Waals surface area contributed by atoms with Gasteiger partial charge in [0, 0.05) is 10.5 Å². The lowest BCUT2D eigenvalue weighted by Gasteiger charge is -2.23. The van der Waals surface area contributed by atoms with Crippen LogP contribution in [-0.4, -0.2) is 35.9 Å². The van der Waals surface area contributed by atoms with E-state index in [-0.39, 0.29) is 11.8 Å². The second kappa shape index (κ2) is 8.58. The van der Waals surface area contributed by atoms with E-state index in [1.165, 1.54) is 25.7 Å². The Hall–Kier alpha value is -1.01. The topological polar surface area (TPSA) is 58.2 Å². The quantitative estimate of drug-likeness (QED) is 0.636. The lowest BCUT2D eigenvalue weighted by molar-refractivity contribution is -0.124. The normalized spacial score (nSPS) is 18.0. The van der Waals surface area contributed by atoms with E-state index in [1.807, 2.05) is 24.5 Å². The molecule has 2 amide bonds. The summed E-state index contributed by atoms with van der Waals surface area (Å²) in [4.78, 5) is 25.4. The minimum Gasteiger partial charge on any atom is -0.351 e. The van der Waals surface area contributed by atoms with Gasteiger partial charge in [0.05, 0.1) is 5.56 Å². The van der Waals surface area contributed by atoms with Gasteiger partial charge in [-0.3, -0.25) is 9.59 Å². The molecule has 2 saturated carbocycles. The standard InChI is InChI=1S/C19H25BrN2O2S/c1-25-11-10-16(21-18(23)14-4-2-3-5-15(14)20)19(24)22-17(12-6-7-12)13-8-9-13/h2-5,12-13,16-17H,6-11H2,1H3,(H,21,23)(H,22,24). The minimum absolute atomic E-state index is 0.0294. The van der Waals surface area contributed by atoms with Gasteiger partial charge in [0.15, 0.2) is 0 Å². The van der Waals surface area contributed by atoms with Crippen LogP contribution < -0.4 is 10.6 Å². The number of benzene rings is 1. The highest BCUT2D eigenvalue weighted by atomic mass is 79.9. The molecule has 2 aliphatic rings. The summed E-state index contributed by atoms with van der Waals surface area (Å²) >= 11 is 5.09. The number of rotatable bonds is 9. The predicted molar refractivity (Wildman–Crippen MR) is 106 cm³/mol. The Kier molecular flexibility index (Phi) is 6.44. The highest BCUT2D eigenvalue weighted by molar-refractivity contribution is 9.10. The SMILES string of the molecule is CSCCC(NC(=O)c1ccccc1Br)C(=O)NC(C1CC1)C1CC1. The van der Waals surface area contributed by atoms with Gasteiger partial charge in [0.25, 0.3) is 5.91 Å². The van der Waals surface area contributed by atoms with Gasteiger partial charge in [-0.05, 0) is 84.0 Å². The molecule has 0 radical (unpaired) electrons. The van der Waals surface area contributed by atoms with Crippen LogP contribution in [0.4, 0.5) is 0 Å². The summed E-state index contributed by atoms with van der Waals surface area (Å²) in [6.07, 6.45) is 7.55. The van der Waals surface area contributed by atoms with E-state index in [4.69, 9.17) is 0 Å². The van der Waals surface area contributed by atoms with E-state index in [1.54, 1.807) is 17.8 Å². The molecule has 0 saturated heterocycles. The van der Waals surface area contributed by atoms with Crippen LogP contribution in [0.2, 0.25) is 0 Å². The van der Waals surface area contributed by atoms with E-state index in [9.17, 15) is 9.59 Å². The van der Waals surface area contributed by atoms with E-state index >= 15 is 0 Å². The van der Waals surface area contributed by atoms with Crippen LogP contribution in [0.15, 0.2) is 28.7 Å². The van der Waals surface area contributed by atoms with Crippen LogP contribution in [0.3, 0.4) is 0 Å². The van der Waals surface area contributed by atoms with Crippen molar-refractivity contribution < 1.29 is 9.59 Å². The first-order chi connectivity index (χ1) is 12.1. The van der Waals surface area contributed by atoms with Crippen molar-refractivity contribution >= 4 is 39.5 Å². The van der Waals surface area contributed by atoms with Crippen molar-refractivity contribution in [2.75, 3.05) is 12.0 Å². The number of carbonyl (C=O) groups is 2. The first-order valence-corrected chi connectivity index (χ1v) is 11.1. The molecule has 4 nitrogen and oxygen atoms in total. The Morgan fingerprint density at radius 3 is 2.36 bits per heavy atom. The molecule has 1 aromatic carbocycles. The first kappa shape index (κ1) is 18.8. The van der Waals surface area contributed by atoms with Gasteiger partial charge in [-0.15, -0.1) is 0 Å². The summed E-state index contributed by atoms with van der Waals surface area (Å²) < 4.78 is 0.741. The van der Waals surface area contributed by atoms with Crippen molar-refractivity contribution in [3.8, 4) is 0 Å². The zero-order chi connectivity index (χ0) is 17.8. The Morgan fingerprint density at radius 2 is 1.80 bits per heavy atom. The predicted octanol–water partition coefficient (Wildman–Crippen LogP) is 3.61. The van der Waals surface area contributed by atoms with Gasteiger partial charge < -0.3 is 10.6 Å². The molecule has 1 aromatic rings. The van der Waals surface area contributed by atoms with E-state index in [2.05, 4.69) is 26.6 Å². The van der Waals surface area contributed by atoms with Gasteiger partial charge in [-0.25, -0.2) is 0 Å². The fourth-order valence-electron chi connectivity index (χ4n) is 3.18. The van der Waals surface area contributed by atoms with Crippen LogP contribution in [0.25, 0.3) is 0 Å². The molecule has 1 unspecified atom stereocenters. The molecule has 0 bridgehead atoms. The van der Waals surface area contributed by atoms with E-state index in [0.29, 0.717) is 29.9 Å². The maximum atomic E-state index is 12.8. The second-order valence-corrected chi connectivity index (χ2v) is 8.84. The van der Waals surface area contributed by atoms with Crippen molar-refractivity contribution in [1.29, 1.82) is 0 Å². The molecular weight excluding hydrogens is 400 g/mol. The van der Waals surface area contributed by atoms with Gasteiger partial charge in [0.1, 0.15) is 6.04 Å².